The van der Waals surface area contributed by atoms with Crippen molar-refractivity contribution in [1.82, 2.24) is 9.97 Å². The summed E-state index contributed by atoms with van der Waals surface area (Å²) in [5.74, 6) is 1.53. The van der Waals surface area contributed by atoms with Gasteiger partial charge in [-0.05, 0) is 32.9 Å². The first-order valence-electron chi connectivity index (χ1n) is 9.31. The van der Waals surface area contributed by atoms with E-state index in [2.05, 4.69) is 20.6 Å². The number of esters is 1. The largest absolute Gasteiger partial charge is 0.462 e. The van der Waals surface area contributed by atoms with Gasteiger partial charge in [0.2, 0.25) is 0 Å². The molecule has 0 aliphatic carbocycles. The molecule has 28 heavy (non-hydrogen) atoms. The Morgan fingerprint density at radius 2 is 1.68 bits per heavy atom. The molecule has 0 aliphatic rings. The second kappa shape index (κ2) is 8.99. The minimum absolute atomic E-state index is 0.221. The van der Waals surface area contributed by atoms with Gasteiger partial charge in [-0.3, -0.25) is 0 Å². The number of carbonyl (C=O) groups is 1. The van der Waals surface area contributed by atoms with Crippen molar-refractivity contribution in [2.45, 2.75) is 26.8 Å². The van der Waals surface area contributed by atoms with Crippen LogP contribution in [0.25, 0.3) is 11.4 Å². The summed E-state index contributed by atoms with van der Waals surface area (Å²) in [5.41, 5.74) is 2.01. The van der Waals surface area contributed by atoms with Crippen molar-refractivity contribution >= 4 is 23.3 Å². The molecule has 0 saturated carbocycles. The molecule has 3 aromatic rings. The van der Waals surface area contributed by atoms with Crippen LogP contribution < -0.4 is 10.6 Å². The maximum absolute atomic E-state index is 12.2. The van der Waals surface area contributed by atoms with Crippen molar-refractivity contribution in [2.24, 2.45) is 0 Å². The lowest BCUT2D eigenvalue weighted by molar-refractivity contribution is 0.0527. The molecular formula is C22H24N4O2. The molecule has 0 unspecified atom stereocenters. The van der Waals surface area contributed by atoms with Gasteiger partial charge in [-0.25, -0.2) is 14.8 Å². The highest BCUT2D eigenvalue weighted by Gasteiger charge is 2.14. The van der Waals surface area contributed by atoms with Crippen LogP contribution in [0.3, 0.4) is 0 Å². The lowest BCUT2D eigenvalue weighted by Crippen LogP contribution is -2.13. The number of hydrogen-bond acceptors (Lipinski definition) is 6. The van der Waals surface area contributed by atoms with E-state index in [-0.39, 0.29) is 12.0 Å². The van der Waals surface area contributed by atoms with E-state index in [1.807, 2.05) is 62.4 Å². The van der Waals surface area contributed by atoms with E-state index in [1.165, 1.54) is 0 Å². The maximum Gasteiger partial charge on any atom is 0.340 e. The Morgan fingerprint density at radius 1 is 1.00 bits per heavy atom. The molecule has 0 bridgehead atoms. The second-order valence-electron chi connectivity index (χ2n) is 6.52. The predicted molar refractivity (Wildman–Crippen MR) is 112 cm³/mol. The van der Waals surface area contributed by atoms with Gasteiger partial charge in [0.05, 0.1) is 17.9 Å². The van der Waals surface area contributed by atoms with Gasteiger partial charge in [-0.2, -0.15) is 0 Å². The topological polar surface area (TPSA) is 76.1 Å². The predicted octanol–water partition coefficient (Wildman–Crippen LogP) is 4.88. The fourth-order valence-corrected chi connectivity index (χ4v) is 2.71. The van der Waals surface area contributed by atoms with Gasteiger partial charge in [-0.1, -0.05) is 42.5 Å². The first-order chi connectivity index (χ1) is 13.6. The second-order valence-corrected chi connectivity index (χ2v) is 6.52. The zero-order chi connectivity index (χ0) is 19.9. The van der Waals surface area contributed by atoms with E-state index in [0.29, 0.717) is 35.3 Å². The highest BCUT2D eigenvalue weighted by molar-refractivity contribution is 5.96. The Kier molecular flexibility index (Phi) is 6.22. The monoisotopic (exact) mass is 376 g/mol. The van der Waals surface area contributed by atoms with Gasteiger partial charge in [0, 0.05) is 17.7 Å². The minimum atomic E-state index is -0.372. The Bertz CT molecular complexity index is 942. The summed E-state index contributed by atoms with van der Waals surface area (Å²) in [5, 5.41) is 6.56. The summed E-state index contributed by atoms with van der Waals surface area (Å²) in [4.78, 5) is 21.5. The molecule has 0 aliphatic heterocycles. The Hall–Kier alpha value is -3.41. The third-order valence-corrected chi connectivity index (χ3v) is 3.88. The van der Waals surface area contributed by atoms with Gasteiger partial charge in [-0.15, -0.1) is 0 Å². The van der Waals surface area contributed by atoms with E-state index in [4.69, 9.17) is 4.74 Å². The van der Waals surface area contributed by atoms with Crippen molar-refractivity contribution in [2.75, 3.05) is 17.2 Å². The van der Waals surface area contributed by atoms with Crippen molar-refractivity contribution < 1.29 is 9.53 Å². The Balaban J connectivity index is 1.99. The molecule has 1 aromatic heterocycles. The van der Waals surface area contributed by atoms with E-state index in [9.17, 15) is 4.79 Å². The molecule has 0 fully saturated rings. The van der Waals surface area contributed by atoms with E-state index < -0.39 is 0 Å². The molecule has 0 spiro atoms. The average Bonchev–Trinajstić information content (AvgIpc) is 2.68. The summed E-state index contributed by atoms with van der Waals surface area (Å²) in [6, 6.07) is 19.0. The van der Waals surface area contributed by atoms with Gasteiger partial charge in [0.25, 0.3) is 0 Å². The lowest BCUT2D eigenvalue weighted by Gasteiger charge is -2.15. The number of nitrogens with one attached hydrogen (secondary N) is 2. The van der Waals surface area contributed by atoms with Crippen molar-refractivity contribution in [3.05, 3.63) is 66.2 Å². The lowest BCUT2D eigenvalue weighted by atomic mass is 10.1. The van der Waals surface area contributed by atoms with Crippen LogP contribution in [0.2, 0.25) is 0 Å². The number of anilines is 3. The molecule has 6 heteroatoms. The molecule has 2 aromatic carbocycles. The number of para-hydroxylation sites is 1. The Labute approximate surface area is 165 Å². The van der Waals surface area contributed by atoms with Gasteiger partial charge >= 0.3 is 5.97 Å². The van der Waals surface area contributed by atoms with E-state index in [1.54, 1.807) is 19.1 Å². The summed E-state index contributed by atoms with van der Waals surface area (Å²) in [6.07, 6.45) is 0. The van der Waals surface area contributed by atoms with Gasteiger partial charge in [0.1, 0.15) is 11.6 Å². The zero-order valence-electron chi connectivity index (χ0n) is 16.3. The summed E-state index contributed by atoms with van der Waals surface area (Å²) >= 11 is 0. The summed E-state index contributed by atoms with van der Waals surface area (Å²) < 4.78 is 5.15. The van der Waals surface area contributed by atoms with Crippen molar-refractivity contribution in [3.63, 3.8) is 0 Å². The number of rotatable bonds is 7. The van der Waals surface area contributed by atoms with Crippen LogP contribution in [0.15, 0.2) is 60.7 Å². The smallest absolute Gasteiger partial charge is 0.340 e. The van der Waals surface area contributed by atoms with E-state index in [0.717, 1.165) is 5.56 Å². The minimum Gasteiger partial charge on any atom is -0.462 e. The molecule has 0 amide bonds. The van der Waals surface area contributed by atoms with Crippen LogP contribution in [0.4, 0.5) is 17.3 Å². The van der Waals surface area contributed by atoms with Crippen LogP contribution >= 0.6 is 0 Å². The summed E-state index contributed by atoms with van der Waals surface area (Å²) in [7, 11) is 0. The third kappa shape index (κ3) is 4.85. The number of benzene rings is 2. The third-order valence-electron chi connectivity index (χ3n) is 3.88. The molecule has 3 rings (SSSR count). The number of nitrogens with zero attached hydrogens (tertiary/aromatic N) is 2. The van der Waals surface area contributed by atoms with Crippen LogP contribution in [0, 0.1) is 0 Å². The molecule has 1 heterocycles. The first-order valence-corrected chi connectivity index (χ1v) is 9.31. The zero-order valence-corrected chi connectivity index (χ0v) is 16.3. The molecule has 144 valence electrons. The molecule has 2 N–H and O–H groups in total. The van der Waals surface area contributed by atoms with Crippen molar-refractivity contribution in [1.29, 1.82) is 0 Å². The molecule has 0 radical (unpaired) electrons. The van der Waals surface area contributed by atoms with E-state index >= 15 is 0 Å². The van der Waals surface area contributed by atoms with Crippen LogP contribution in [-0.2, 0) is 4.74 Å². The fraction of sp³-hybridized carbons (Fsp3) is 0.227. The number of carbonyl (C=O) groups excluding carboxylic acids is 1. The highest BCUT2D eigenvalue weighted by atomic mass is 16.5. The molecule has 6 nitrogen and oxygen atoms in total. The van der Waals surface area contributed by atoms with Crippen molar-refractivity contribution in [3.8, 4) is 11.4 Å². The summed E-state index contributed by atoms with van der Waals surface area (Å²) in [6.45, 7) is 6.20. The fourth-order valence-electron chi connectivity index (χ4n) is 2.71. The average molecular weight is 376 g/mol. The van der Waals surface area contributed by atoms with Gasteiger partial charge < -0.3 is 15.4 Å². The van der Waals surface area contributed by atoms with Crippen LogP contribution in [0.5, 0.6) is 0 Å². The molecule has 0 saturated heterocycles. The van der Waals surface area contributed by atoms with Crippen LogP contribution in [0.1, 0.15) is 31.1 Å². The number of aromatic nitrogens is 2. The quantitative estimate of drug-likeness (QED) is 0.572. The van der Waals surface area contributed by atoms with Crippen LogP contribution in [-0.4, -0.2) is 28.6 Å². The standard InChI is InChI=1S/C22H24N4O2/c1-4-28-22(27)17-12-8-9-13-18(17)24-20-14-19(23-15(2)3)25-21(26-20)16-10-6-5-7-11-16/h5-15H,4H2,1-3H3,(H2,23,24,25,26). The normalized spacial score (nSPS) is 10.6. The molecule has 0 atom stereocenters. The first kappa shape index (κ1) is 19.4. The maximum atomic E-state index is 12.2. The molecular weight excluding hydrogens is 352 g/mol. The number of ether oxygens (including phenoxy) is 1. The Morgan fingerprint density at radius 3 is 2.39 bits per heavy atom. The highest BCUT2D eigenvalue weighted by Crippen LogP contribution is 2.25. The SMILES string of the molecule is CCOC(=O)c1ccccc1Nc1cc(NC(C)C)nc(-c2ccccc2)n1. The van der Waals surface area contributed by atoms with Gasteiger partial charge in [0.15, 0.2) is 5.82 Å². The number of hydrogen-bond donors (Lipinski definition) is 2.